The van der Waals surface area contributed by atoms with Crippen molar-refractivity contribution < 1.29 is 9.21 Å². The van der Waals surface area contributed by atoms with Gasteiger partial charge in [-0.2, -0.15) is 0 Å². The summed E-state index contributed by atoms with van der Waals surface area (Å²) >= 11 is 0. The Morgan fingerprint density at radius 3 is 2.21 bits per heavy atom. The van der Waals surface area contributed by atoms with Gasteiger partial charge in [0.15, 0.2) is 0 Å². The molecule has 1 heterocycles. The number of nitrogens with one attached hydrogen (secondary N) is 1. The lowest BCUT2D eigenvalue weighted by atomic mass is 9.98. The molecule has 24 heavy (non-hydrogen) atoms. The van der Waals surface area contributed by atoms with Crippen LogP contribution in [0.25, 0.3) is 0 Å². The number of hydrogen-bond donors (Lipinski definition) is 1. The molecule has 3 aromatic rings. The summed E-state index contributed by atoms with van der Waals surface area (Å²) in [5, 5.41) is 3.15. The second-order valence-corrected chi connectivity index (χ2v) is 5.95. The first-order chi connectivity index (χ1) is 11.6. The summed E-state index contributed by atoms with van der Waals surface area (Å²) in [6.45, 7) is 3.67. The molecule has 3 rings (SSSR count). The smallest absolute Gasteiger partial charge is 0.255 e. The fourth-order valence-corrected chi connectivity index (χ4v) is 2.88. The lowest BCUT2D eigenvalue weighted by Crippen LogP contribution is -2.30. The van der Waals surface area contributed by atoms with Crippen molar-refractivity contribution >= 4 is 5.91 Å². The molecule has 3 heteroatoms. The van der Waals surface area contributed by atoms with Crippen molar-refractivity contribution in [1.82, 2.24) is 5.32 Å². The lowest BCUT2D eigenvalue weighted by molar-refractivity contribution is 0.0935. The second kappa shape index (κ2) is 7.18. The van der Waals surface area contributed by atoms with E-state index in [0.717, 1.165) is 17.7 Å². The molecule has 0 saturated heterocycles. The summed E-state index contributed by atoms with van der Waals surface area (Å²) in [6, 6.07) is 21.9. The molecule has 0 spiro atoms. The minimum Gasteiger partial charge on any atom is -0.466 e. The highest BCUT2D eigenvalue weighted by atomic mass is 16.3. The molecule has 0 aliphatic rings. The van der Waals surface area contributed by atoms with Crippen molar-refractivity contribution in [2.24, 2.45) is 0 Å². The van der Waals surface area contributed by atoms with Gasteiger partial charge in [-0.3, -0.25) is 4.79 Å². The number of furan rings is 1. The third-order valence-corrected chi connectivity index (χ3v) is 4.08. The maximum absolute atomic E-state index is 12.7. The normalized spacial score (nSPS) is 11.9. The average Bonchev–Trinajstić information content (AvgIpc) is 2.94. The van der Waals surface area contributed by atoms with Gasteiger partial charge in [-0.05, 0) is 37.5 Å². The van der Waals surface area contributed by atoms with Gasteiger partial charge in [-0.1, -0.05) is 60.7 Å². The average molecular weight is 319 g/mol. The minimum atomic E-state index is -0.103. The van der Waals surface area contributed by atoms with Crippen molar-refractivity contribution in [3.05, 3.63) is 94.9 Å². The molecular formula is C21H21NO2. The first-order valence-corrected chi connectivity index (χ1v) is 8.10. The SMILES string of the molecule is Cc1cc(C(=O)NC(Cc2ccccc2)c2ccccc2)c(C)o1. The minimum absolute atomic E-state index is 0.0873. The van der Waals surface area contributed by atoms with Gasteiger partial charge >= 0.3 is 0 Å². The Balaban J connectivity index is 1.85. The molecule has 1 aromatic heterocycles. The summed E-state index contributed by atoms with van der Waals surface area (Å²) in [5.74, 6) is 1.29. The lowest BCUT2D eigenvalue weighted by Gasteiger charge is -2.19. The zero-order chi connectivity index (χ0) is 16.9. The van der Waals surface area contributed by atoms with Crippen LogP contribution in [0, 0.1) is 13.8 Å². The van der Waals surface area contributed by atoms with E-state index in [0.29, 0.717) is 11.3 Å². The van der Waals surface area contributed by atoms with Crippen LogP contribution in [-0.2, 0) is 6.42 Å². The van der Waals surface area contributed by atoms with Crippen LogP contribution >= 0.6 is 0 Å². The van der Waals surface area contributed by atoms with Gasteiger partial charge in [0.25, 0.3) is 5.91 Å². The van der Waals surface area contributed by atoms with Gasteiger partial charge in [0, 0.05) is 0 Å². The Kier molecular flexibility index (Phi) is 4.80. The highest BCUT2D eigenvalue weighted by molar-refractivity contribution is 5.95. The van der Waals surface area contributed by atoms with Crippen molar-refractivity contribution in [1.29, 1.82) is 0 Å². The van der Waals surface area contributed by atoms with Crippen LogP contribution < -0.4 is 5.32 Å². The summed E-state index contributed by atoms with van der Waals surface area (Å²) in [7, 11) is 0. The van der Waals surface area contributed by atoms with Gasteiger partial charge in [-0.25, -0.2) is 0 Å². The summed E-state index contributed by atoms with van der Waals surface area (Å²) in [5.41, 5.74) is 2.88. The number of rotatable bonds is 5. The number of amides is 1. The first kappa shape index (κ1) is 16.1. The van der Waals surface area contributed by atoms with Crippen LogP contribution in [0.1, 0.15) is 39.0 Å². The van der Waals surface area contributed by atoms with Gasteiger partial charge in [0.2, 0.25) is 0 Å². The Hall–Kier alpha value is -2.81. The largest absolute Gasteiger partial charge is 0.466 e. The molecule has 1 atom stereocenters. The fourth-order valence-electron chi connectivity index (χ4n) is 2.88. The molecule has 3 nitrogen and oxygen atoms in total. The first-order valence-electron chi connectivity index (χ1n) is 8.10. The standard InChI is InChI=1S/C21H21NO2/c1-15-13-19(16(2)24-15)21(23)22-20(18-11-7-4-8-12-18)14-17-9-5-3-6-10-17/h3-13,20H,14H2,1-2H3,(H,22,23). The summed E-state index contributed by atoms with van der Waals surface area (Å²) in [6.07, 6.45) is 0.743. The van der Waals surface area contributed by atoms with E-state index in [1.165, 1.54) is 5.56 Å². The Labute approximate surface area is 142 Å². The Morgan fingerprint density at radius 2 is 1.62 bits per heavy atom. The fraction of sp³-hybridized carbons (Fsp3) is 0.190. The van der Waals surface area contributed by atoms with E-state index < -0.39 is 0 Å². The predicted molar refractivity (Wildman–Crippen MR) is 95.0 cm³/mol. The van der Waals surface area contributed by atoms with Crippen LogP contribution in [0.3, 0.4) is 0 Å². The van der Waals surface area contributed by atoms with Gasteiger partial charge in [0.1, 0.15) is 11.5 Å². The molecule has 0 saturated carbocycles. The van der Waals surface area contributed by atoms with E-state index in [1.54, 1.807) is 6.07 Å². The Bertz CT molecular complexity index is 806. The Morgan fingerprint density at radius 1 is 1.00 bits per heavy atom. The van der Waals surface area contributed by atoms with E-state index >= 15 is 0 Å². The van der Waals surface area contributed by atoms with Gasteiger partial charge in [-0.15, -0.1) is 0 Å². The number of benzene rings is 2. The number of carbonyl (C=O) groups excluding carboxylic acids is 1. The number of aryl methyl sites for hydroxylation is 2. The maximum atomic E-state index is 12.7. The van der Waals surface area contributed by atoms with Crippen LogP contribution in [0.5, 0.6) is 0 Å². The second-order valence-electron chi connectivity index (χ2n) is 5.95. The molecule has 0 aliphatic carbocycles. The zero-order valence-corrected chi connectivity index (χ0v) is 14.0. The number of carbonyl (C=O) groups is 1. The van der Waals surface area contributed by atoms with Crippen molar-refractivity contribution in [3.8, 4) is 0 Å². The van der Waals surface area contributed by atoms with Crippen LogP contribution in [0.15, 0.2) is 71.1 Å². The maximum Gasteiger partial charge on any atom is 0.255 e. The highest BCUT2D eigenvalue weighted by Gasteiger charge is 2.19. The molecule has 0 bridgehead atoms. The van der Waals surface area contributed by atoms with Crippen LogP contribution in [-0.4, -0.2) is 5.91 Å². The van der Waals surface area contributed by atoms with Crippen LogP contribution in [0.4, 0.5) is 0 Å². The monoisotopic (exact) mass is 319 g/mol. The van der Waals surface area contributed by atoms with E-state index in [4.69, 9.17) is 4.42 Å². The van der Waals surface area contributed by atoms with Gasteiger partial charge < -0.3 is 9.73 Å². The molecule has 0 aliphatic heterocycles. The highest BCUT2D eigenvalue weighted by Crippen LogP contribution is 2.20. The van der Waals surface area contributed by atoms with Crippen molar-refractivity contribution in [3.63, 3.8) is 0 Å². The van der Waals surface area contributed by atoms with E-state index in [1.807, 2.05) is 62.4 Å². The van der Waals surface area contributed by atoms with E-state index in [-0.39, 0.29) is 11.9 Å². The van der Waals surface area contributed by atoms with Gasteiger partial charge in [0.05, 0.1) is 11.6 Å². The molecule has 1 amide bonds. The topological polar surface area (TPSA) is 42.2 Å². The molecule has 0 radical (unpaired) electrons. The molecule has 1 unspecified atom stereocenters. The van der Waals surface area contributed by atoms with E-state index in [9.17, 15) is 4.79 Å². The molecule has 2 aromatic carbocycles. The quantitative estimate of drug-likeness (QED) is 0.746. The molecule has 122 valence electrons. The van der Waals surface area contributed by atoms with Crippen molar-refractivity contribution in [2.75, 3.05) is 0 Å². The molecular weight excluding hydrogens is 298 g/mol. The van der Waals surface area contributed by atoms with E-state index in [2.05, 4.69) is 17.4 Å². The number of hydrogen-bond acceptors (Lipinski definition) is 2. The molecule has 1 N–H and O–H groups in total. The van der Waals surface area contributed by atoms with Crippen LogP contribution in [0.2, 0.25) is 0 Å². The zero-order valence-electron chi connectivity index (χ0n) is 14.0. The predicted octanol–water partition coefficient (Wildman–Crippen LogP) is 4.61. The summed E-state index contributed by atoms with van der Waals surface area (Å²) < 4.78 is 5.48. The van der Waals surface area contributed by atoms with Crippen molar-refractivity contribution in [2.45, 2.75) is 26.3 Å². The third kappa shape index (κ3) is 3.74. The third-order valence-electron chi connectivity index (χ3n) is 4.08. The molecule has 0 fully saturated rings. The summed E-state index contributed by atoms with van der Waals surface area (Å²) in [4.78, 5) is 12.7.